The quantitative estimate of drug-likeness (QED) is 0.728. The van der Waals surface area contributed by atoms with Crippen LogP contribution in [0.4, 0.5) is 0 Å². The van der Waals surface area contributed by atoms with Gasteiger partial charge in [-0.2, -0.15) is 0 Å². The van der Waals surface area contributed by atoms with Gasteiger partial charge >= 0.3 is 0 Å². The van der Waals surface area contributed by atoms with E-state index in [2.05, 4.69) is 5.92 Å². The molecule has 2 rings (SSSR count). The van der Waals surface area contributed by atoms with E-state index in [9.17, 15) is 0 Å². The molecular formula is C20H22O3. The van der Waals surface area contributed by atoms with Crippen molar-refractivity contribution in [2.24, 2.45) is 0 Å². The van der Waals surface area contributed by atoms with Crippen molar-refractivity contribution in [1.29, 1.82) is 0 Å². The zero-order valence-electron chi connectivity index (χ0n) is 13.8. The molecule has 1 atom stereocenters. The van der Waals surface area contributed by atoms with Gasteiger partial charge in [0.1, 0.15) is 11.5 Å². The molecule has 2 aromatic rings. The van der Waals surface area contributed by atoms with Crippen LogP contribution in [-0.4, -0.2) is 20.8 Å². The summed E-state index contributed by atoms with van der Waals surface area (Å²) in [5.74, 6) is 4.47. The van der Waals surface area contributed by atoms with Gasteiger partial charge in [-0.1, -0.05) is 30.2 Å². The summed E-state index contributed by atoms with van der Waals surface area (Å²) in [5, 5.41) is 0. The van der Waals surface area contributed by atoms with Crippen molar-refractivity contribution in [3.05, 3.63) is 59.7 Å². The van der Waals surface area contributed by atoms with E-state index in [4.69, 9.17) is 20.6 Å². The molecule has 0 N–H and O–H groups in total. The second kappa shape index (κ2) is 7.71. The molecule has 0 saturated carbocycles. The summed E-state index contributed by atoms with van der Waals surface area (Å²) in [7, 11) is 3.29. The van der Waals surface area contributed by atoms with Crippen LogP contribution in [0.1, 0.15) is 18.1 Å². The molecule has 0 amide bonds. The van der Waals surface area contributed by atoms with Crippen molar-refractivity contribution in [3.8, 4) is 23.8 Å². The van der Waals surface area contributed by atoms with Gasteiger partial charge in [-0.25, -0.2) is 0 Å². The average molecular weight is 310 g/mol. The number of hydrogen-bond donors (Lipinski definition) is 0. The van der Waals surface area contributed by atoms with Crippen molar-refractivity contribution >= 4 is 0 Å². The van der Waals surface area contributed by atoms with Gasteiger partial charge in [0.2, 0.25) is 0 Å². The number of methoxy groups -OCH3 is 2. The molecule has 0 fully saturated rings. The Morgan fingerprint density at radius 1 is 0.913 bits per heavy atom. The molecule has 1 unspecified atom stereocenters. The molecule has 0 aliphatic heterocycles. The largest absolute Gasteiger partial charge is 0.497 e. The van der Waals surface area contributed by atoms with Gasteiger partial charge in [-0.15, -0.1) is 6.42 Å². The van der Waals surface area contributed by atoms with Crippen molar-refractivity contribution in [3.63, 3.8) is 0 Å². The predicted octanol–water partition coefficient (Wildman–Crippen LogP) is 3.81. The Balaban J connectivity index is 2.35. The van der Waals surface area contributed by atoms with Crippen LogP contribution < -0.4 is 9.47 Å². The number of terminal acetylenes is 1. The summed E-state index contributed by atoms with van der Waals surface area (Å²) < 4.78 is 16.4. The maximum atomic E-state index is 5.99. The number of benzene rings is 2. The third kappa shape index (κ3) is 3.85. The molecule has 0 aromatic heterocycles. The van der Waals surface area contributed by atoms with E-state index in [0.717, 1.165) is 22.6 Å². The van der Waals surface area contributed by atoms with Gasteiger partial charge in [0.15, 0.2) is 5.60 Å². The van der Waals surface area contributed by atoms with Crippen LogP contribution >= 0.6 is 0 Å². The smallest absolute Gasteiger partial charge is 0.157 e. The zero-order chi connectivity index (χ0) is 16.7. The van der Waals surface area contributed by atoms with E-state index in [1.807, 2.05) is 55.5 Å². The highest BCUT2D eigenvalue weighted by molar-refractivity contribution is 5.39. The van der Waals surface area contributed by atoms with Crippen LogP contribution in [0.2, 0.25) is 0 Å². The van der Waals surface area contributed by atoms with Gasteiger partial charge in [-0.05, 0) is 42.3 Å². The Bertz CT molecular complexity index is 653. The topological polar surface area (TPSA) is 27.7 Å². The average Bonchev–Trinajstić information content (AvgIpc) is 2.62. The van der Waals surface area contributed by atoms with Crippen LogP contribution in [0.15, 0.2) is 48.5 Å². The summed E-state index contributed by atoms with van der Waals surface area (Å²) in [6, 6.07) is 15.6. The second-order valence-electron chi connectivity index (χ2n) is 5.16. The number of rotatable bonds is 7. The summed E-state index contributed by atoms with van der Waals surface area (Å²) in [6.07, 6.45) is 6.46. The standard InChI is InChI=1S/C20H22O3/c1-5-20(23-6-2,17-9-13-19(22-4)14-10-17)15-16-7-11-18(21-3)12-8-16/h1,7-14H,6,15H2,2-4H3. The minimum absolute atomic E-state index is 0.534. The SMILES string of the molecule is C#CC(Cc1ccc(OC)cc1)(OCC)c1ccc(OC)cc1. The van der Waals surface area contributed by atoms with Gasteiger partial charge in [0.25, 0.3) is 0 Å². The monoisotopic (exact) mass is 310 g/mol. The molecule has 23 heavy (non-hydrogen) atoms. The summed E-state index contributed by atoms with van der Waals surface area (Å²) in [4.78, 5) is 0. The first-order chi connectivity index (χ1) is 11.2. The zero-order valence-corrected chi connectivity index (χ0v) is 13.8. The van der Waals surface area contributed by atoms with Gasteiger partial charge in [-0.3, -0.25) is 0 Å². The van der Waals surface area contributed by atoms with Crippen molar-refractivity contribution in [1.82, 2.24) is 0 Å². The first-order valence-corrected chi connectivity index (χ1v) is 7.56. The first kappa shape index (κ1) is 16.9. The number of hydrogen-bond acceptors (Lipinski definition) is 3. The Kier molecular flexibility index (Phi) is 5.67. The Morgan fingerprint density at radius 2 is 1.43 bits per heavy atom. The molecule has 0 aliphatic carbocycles. The highest BCUT2D eigenvalue weighted by atomic mass is 16.5. The van der Waals surface area contributed by atoms with Crippen molar-refractivity contribution in [2.75, 3.05) is 20.8 Å². The fourth-order valence-electron chi connectivity index (χ4n) is 2.55. The lowest BCUT2D eigenvalue weighted by Crippen LogP contribution is -2.30. The van der Waals surface area contributed by atoms with Gasteiger partial charge in [0.05, 0.1) is 14.2 Å². The second-order valence-corrected chi connectivity index (χ2v) is 5.16. The van der Waals surface area contributed by atoms with E-state index >= 15 is 0 Å². The van der Waals surface area contributed by atoms with Crippen molar-refractivity contribution < 1.29 is 14.2 Å². The molecule has 0 saturated heterocycles. The fourth-order valence-corrected chi connectivity index (χ4v) is 2.55. The first-order valence-electron chi connectivity index (χ1n) is 7.56. The summed E-state index contributed by atoms with van der Waals surface area (Å²) in [6.45, 7) is 2.48. The maximum absolute atomic E-state index is 5.99. The normalized spacial score (nSPS) is 13.0. The van der Waals surface area contributed by atoms with E-state index < -0.39 is 5.60 Å². The maximum Gasteiger partial charge on any atom is 0.157 e. The van der Waals surface area contributed by atoms with E-state index in [1.165, 1.54) is 0 Å². The molecule has 0 aliphatic rings. The third-order valence-electron chi connectivity index (χ3n) is 3.79. The molecule has 0 bridgehead atoms. The third-order valence-corrected chi connectivity index (χ3v) is 3.79. The molecule has 3 heteroatoms. The predicted molar refractivity (Wildman–Crippen MR) is 91.8 cm³/mol. The molecule has 3 nitrogen and oxygen atoms in total. The Hall–Kier alpha value is -2.44. The van der Waals surface area contributed by atoms with Crippen LogP contribution in [0.25, 0.3) is 0 Å². The molecule has 2 aromatic carbocycles. The number of ether oxygens (including phenoxy) is 3. The molecule has 0 heterocycles. The summed E-state index contributed by atoms with van der Waals surface area (Å²) >= 11 is 0. The highest BCUT2D eigenvalue weighted by Crippen LogP contribution is 2.31. The lowest BCUT2D eigenvalue weighted by atomic mass is 9.87. The fraction of sp³-hybridized carbons (Fsp3) is 0.300. The van der Waals surface area contributed by atoms with Gasteiger partial charge in [0, 0.05) is 13.0 Å². The Morgan fingerprint density at radius 3 is 1.87 bits per heavy atom. The van der Waals surface area contributed by atoms with Crippen LogP contribution in [-0.2, 0) is 16.8 Å². The van der Waals surface area contributed by atoms with Crippen LogP contribution in [0, 0.1) is 12.3 Å². The lowest BCUT2D eigenvalue weighted by Gasteiger charge is -2.29. The van der Waals surface area contributed by atoms with E-state index in [-0.39, 0.29) is 0 Å². The van der Waals surface area contributed by atoms with E-state index in [1.54, 1.807) is 14.2 Å². The van der Waals surface area contributed by atoms with Crippen LogP contribution in [0.5, 0.6) is 11.5 Å². The molecule has 120 valence electrons. The lowest BCUT2D eigenvalue weighted by molar-refractivity contribution is 0.00370. The molecule has 0 spiro atoms. The van der Waals surface area contributed by atoms with Crippen LogP contribution in [0.3, 0.4) is 0 Å². The van der Waals surface area contributed by atoms with Crippen molar-refractivity contribution in [2.45, 2.75) is 18.9 Å². The molecular weight excluding hydrogens is 288 g/mol. The van der Waals surface area contributed by atoms with E-state index in [0.29, 0.717) is 13.0 Å². The molecule has 0 radical (unpaired) electrons. The highest BCUT2D eigenvalue weighted by Gasteiger charge is 2.31. The van der Waals surface area contributed by atoms with Gasteiger partial charge < -0.3 is 14.2 Å². The Labute approximate surface area is 138 Å². The minimum Gasteiger partial charge on any atom is -0.497 e. The summed E-state index contributed by atoms with van der Waals surface area (Å²) in [5.41, 5.74) is 1.24. The minimum atomic E-state index is -0.796.